The molecule has 0 saturated carbocycles. The van der Waals surface area contributed by atoms with Crippen molar-refractivity contribution in [3.63, 3.8) is 0 Å². The van der Waals surface area contributed by atoms with E-state index < -0.39 is 0 Å². The number of piperazine rings is 1. The number of carbonyl (C=O) groups is 2. The Hall–Kier alpha value is -2.12. The number of hydrogen-bond acceptors (Lipinski definition) is 5. The van der Waals surface area contributed by atoms with Gasteiger partial charge in [-0.05, 0) is 31.4 Å². The molecule has 0 atom stereocenters. The van der Waals surface area contributed by atoms with Gasteiger partial charge in [-0.3, -0.25) is 19.4 Å². The van der Waals surface area contributed by atoms with Crippen molar-refractivity contribution in [2.45, 2.75) is 19.3 Å². The molecule has 1 aromatic rings. The van der Waals surface area contributed by atoms with Crippen LogP contribution in [0.25, 0.3) is 0 Å². The minimum atomic E-state index is 0.0227. The maximum atomic E-state index is 12.4. The summed E-state index contributed by atoms with van der Waals surface area (Å²) in [4.78, 5) is 30.8. The molecule has 3 rings (SSSR count). The molecule has 7 nitrogen and oxygen atoms in total. The highest BCUT2D eigenvalue weighted by Crippen LogP contribution is 2.10. The third-order valence-electron chi connectivity index (χ3n) is 5.34. The Morgan fingerprint density at radius 3 is 2.18 bits per heavy atom. The number of benzene rings is 1. The summed E-state index contributed by atoms with van der Waals surface area (Å²) in [6.45, 7) is 7.01. The van der Waals surface area contributed by atoms with E-state index in [-0.39, 0.29) is 11.8 Å². The Morgan fingerprint density at radius 2 is 1.50 bits per heavy atom. The Labute approximate surface area is 167 Å². The smallest absolute Gasteiger partial charge is 0.236 e. The summed E-state index contributed by atoms with van der Waals surface area (Å²) >= 11 is 0. The largest absolute Gasteiger partial charge is 0.492 e. The molecule has 28 heavy (non-hydrogen) atoms. The first-order valence-corrected chi connectivity index (χ1v) is 10.4. The number of amides is 2. The number of likely N-dealkylation sites (tertiary alicyclic amines) is 1. The van der Waals surface area contributed by atoms with Gasteiger partial charge in [0, 0.05) is 39.3 Å². The second-order valence-corrected chi connectivity index (χ2v) is 7.51. The molecule has 0 aliphatic carbocycles. The van der Waals surface area contributed by atoms with Gasteiger partial charge >= 0.3 is 0 Å². The minimum Gasteiger partial charge on any atom is -0.492 e. The van der Waals surface area contributed by atoms with E-state index in [2.05, 4.69) is 15.1 Å². The molecule has 0 unspecified atom stereocenters. The van der Waals surface area contributed by atoms with Gasteiger partial charge in [-0.15, -0.1) is 0 Å². The van der Waals surface area contributed by atoms with E-state index in [1.54, 1.807) is 0 Å². The van der Waals surface area contributed by atoms with Gasteiger partial charge in [0.2, 0.25) is 11.8 Å². The van der Waals surface area contributed by atoms with Gasteiger partial charge in [-0.1, -0.05) is 18.2 Å². The number of nitrogens with zero attached hydrogens (tertiary/aromatic N) is 3. The van der Waals surface area contributed by atoms with Crippen molar-refractivity contribution in [3.05, 3.63) is 30.3 Å². The van der Waals surface area contributed by atoms with Crippen molar-refractivity contribution < 1.29 is 14.3 Å². The molecule has 0 spiro atoms. The van der Waals surface area contributed by atoms with Gasteiger partial charge in [0.25, 0.3) is 0 Å². The zero-order chi connectivity index (χ0) is 19.6. The van der Waals surface area contributed by atoms with Crippen molar-refractivity contribution in [3.8, 4) is 5.75 Å². The zero-order valence-electron chi connectivity index (χ0n) is 16.6. The summed E-state index contributed by atoms with van der Waals surface area (Å²) < 4.78 is 5.58. The zero-order valence-corrected chi connectivity index (χ0v) is 16.6. The topological polar surface area (TPSA) is 65.1 Å². The highest BCUT2D eigenvalue weighted by molar-refractivity contribution is 5.78. The van der Waals surface area contributed by atoms with Gasteiger partial charge in [0.1, 0.15) is 12.4 Å². The van der Waals surface area contributed by atoms with Crippen LogP contribution in [0.3, 0.4) is 0 Å². The molecule has 0 aromatic heterocycles. The van der Waals surface area contributed by atoms with Crippen molar-refractivity contribution in [1.82, 2.24) is 20.0 Å². The molecule has 154 valence electrons. The first kappa shape index (κ1) is 20.6. The van der Waals surface area contributed by atoms with Crippen molar-refractivity contribution in [2.24, 2.45) is 0 Å². The number of carbonyl (C=O) groups excluding carboxylic acids is 2. The summed E-state index contributed by atoms with van der Waals surface area (Å²) in [5.74, 6) is 1.09. The number of para-hydroxylation sites is 1. The molecule has 2 aliphatic heterocycles. The van der Waals surface area contributed by atoms with E-state index in [1.807, 2.05) is 35.2 Å². The Morgan fingerprint density at radius 1 is 0.857 bits per heavy atom. The van der Waals surface area contributed by atoms with Crippen molar-refractivity contribution in [2.75, 3.05) is 65.5 Å². The Bertz CT molecular complexity index is 611. The van der Waals surface area contributed by atoms with Crippen LogP contribution in [0, 0.1) is 0 Å². The average molecular weight is 389 g/mol. The second-order valence-electron chi connectivity index (χ2n) is 7.51. The fourth-order valence-electron chi connectivity index (χ4n) is 3.68. The predicted octanol–water partition coefficient (Wildman–Crippen LogP) is 0.812. The molecule has 2 amide bonds. The number of ether oxygens (including phenoxy) is 1. The molecule has 1 aromatic carbocycles. The van der Waals surface area contributed by atoms with Crippen LogP contribution in [-0.4, -0.2) is 92.0 Å². The van der Waals surface area contributed by atoms with Crippen LogP contribution < -0.4 is 10.1 Å². The number of hydrogen-bond donors (Lipinski definition) is 1. The molecule has 2 saturated heterocycles. The molecule has 1 N–H and O–H groups in total. The van der Waals surface area contributed by atoms with E-state index in [1.165, 1.54) is 6.42 Å². The SMILES string of the molecule is O=C(CN1CCN(CC(=O)N2CCCCC2)CC1)NCCOc1ccccc1. The fourth-order valence-corrected chi connectivity index (χ4v) is 3.68. The summed E-state index contributed by atoms with van der Waals surface area (Å²) in [5, 5.41) is 2.91. The van der Waals surface area contributed by atoms with Crippen LogP contribution in [0.4, 0.5) is 0 Å². The quantitative estimate of drug-likeness (QED) is 0.668. The van der Waals surface area contributed by atoms with Crippen LogP contribution in [0.5, 0.6) is 5.75 Å². The minimum absolute atomic E-state index is 0.0227. The molecule has 2 aliphatic rings. The summed E-state index contributed by atoms with van der Waals surface area (Å²) in [6, 6.07) is 9.59. The standard InChI is InChI=1S/C21H32N4O3/c26-20(22-9-16-28-19-7-3-1-4-8-19)17-23-12-14-24(15-13-23)18-21(27)25-10-5-2-6-11-25/h1,3-4,7-8H,2,5-6,9-18H2,(H,22,26). The van der Waals surface area contributed by atoms with Gasteiger partial charge in [0.05, 0.1) is 19.6 Å². The highest BCUT2D eigenvalue weighted by atomic mass is 16.5. The normalized spacial score (nSPS) is 18.6. The molecular formula is C21H32N4O3. The van der Waals surface area contributed by atoms with Crippen LogP contribution in [0.1, 0.15) is 19.3 Å². The highest BCUT2D eigenvalue weighted by Gasteiger charge is 2.23. The molecule has 2 fully saturated rings. The second kappa shape index (κ2) is 11.0. The lowest BCUT2D eigenvalue weighted by Crippen LogP contribution is -2.52. The summed E-state index contributed by atoms with van der Waals surface area (Å²) in [5.41, 5.74) is 0. The first-order chi connectivity index (χ1) is 13.7. The van der Waals surface area contributed by atoms with E-state index in [9.17, 15) is 9.59 Å². The van der Waals surface area contributed by atoms with E-state index in [4.69, 9.17) is 4.74 Å². The molecule has 0 bridgehead atoms. The number of piperidine rings is 1. The molecule has 0 radical (unpaired) electrons. The third-order valence-corrected chi connectivity index (χ3v) is 5.34. The van der Waals surface area contributed by atoms with Gasteiger partial charge < -0.3 is 15.0 Å². The van der Waals surface area contributed by atoms with E-state index >= 15 is 0 Å². The maximum Gasteiger partial charge on any atom is 0.236 e. The Balaban J connectivity index is 1.26. The predicted molar refractivity (Wildman–Crippen MR) is 108 cm³/mol. The van der Waals surface area contributed by atoms with Crippen LogP contribution in [0.2, 0.25) is 0 Å². The monoisotopic (exact) mass is 388 g/mol. The lowest BCUT2D eigenvalue weighted by Gasteiger charge is -2.35. The van der Waals surface area contributed by atoms with Crippen LogP contribution in [-0.2, 0) is 9.59 Å². The molecule has 2 heterocycles. The number of nitrogens with one attached hydrogen (secondary N) is 1. The lowest BCUT2D eigenvalue weighted by atomic mass is 10.1. The number of rotatable bonds is 8. The summed E-state index contributed by atoms with van der Waals surface area (Å²) in [7, 11) is 0. The first-order valence-electron chi connectivity index (χ1n) is 10.4. The molecular weight excluding hydrogens is 356 g/mol. The van der Waals surface area contributed by atoms with E-state index in [0.717, 1.165) is 57.9 Å². The van der Waals surface area contributed by atoms with Gasteiger partial charge in [-0.25, -0.2) is 0 Å². The van der Waals surface area contributed by atoms with Crippen LogP contribution in [0.15, 0.2) is 30.3 Å². The van der Waals surface area contributed by atoms with Crippen molar-refractivity contribution in [1.29, 1.82) is 0 Å². The molecule has 7 heteroatoms. The Kier molecular flexibility index (Phi) is 8.11. The average Bonchev–Trinajstić information content (AvgIpc) is 2.74. The lowest BCUT2D eigenvalue weighted by molar-refractivity contribution is -0.134. The third kappa shape index (κ3) is 6.80. The van der Waals surface area contributed by atoms with E-state index in [0.29, 0.717) is 26.2 Å². The van der Waals surface area contributed by atoms with Crippen molar-refractivity contribution >= 4 is 11.8 Å². The van der Waals surface area contributed by atoms with Gasteiger partial charge in [-0.2, -0.15) is 0 Å². The summed E-state index contributed by atoms with van der Waals surface area (Å²) in [6.07, 6.45) is 3.50. The van der Waals surface area contributed by atoms with Crippen LogP contribution >= 0.6 is 0 Å². The van der Waals surface area contributed by atoms with Gasteiger partial charge in [0.15, 0.2) is 0 Å². The fraction of sp³-hybridized carbons (Fsp3) is 0.619. The maximum absolute atomic E-state index is 12.4.